The van der Waals surface area contributed by atoms with Crippen molar-refractivity contribution in [3.63, 3.8) is 0 Å². The smallest absolute Gasteiger partial charge is 0.151 e. The summed E-state index contributed by atoms with van der Waals surface area (Å²) in [5.41, 5.74) is 7.63. The van der Waals surface area contributed by atoms with Crippen LogP contribution >= 0.6 is 23.2 Å². The minimum Gasteiger partial charge on any atom is -0.354 e. The van der Waals surface area contributed by atoms with Crippen LogP contribution in [0.15, 0.2) is 24.3 Å². The van der Waals surface area contributed by atoms with E-state index in [0.717, 1.165) is 36.6 Å². The van der Waals surface area contributed by atoms with Crippen LogP contribution in [0.5, 0.6) is 0 Å². The van der Waals surface area contributed by atoms with Crippen LogP contribution in [-0.4, -0.2) is 29.3 Å². The largest absolute Gasteiger partial charge is 0.354 e. The van der Waals surface area contributed by atoms with Crippen molar-refractivity contribution in [2.75, 3.05) is 18.0 Å². The minimum absolute atomic E-state index is 0.231. The topological polar surface area (TPSA) is 57.9 Å². The first-order chi connectivity index (χ1) is 9.15. The maximum Gasteiger partial charge on any atom is 0.151 e. The molecule has 4 nitrogen and oxygen atoms in total. The van der Waals surface area contributed by atoms with Crippen LogP contribution in [0, 0.1) is 0 Å². The van der Waals surface area contributed by atoms with Crippen molar-refractivity contribution in [1.29, 1.82) is 0 Å². The molecule has 1 fully saturated rings. The van der Waals surface area contributed by atoms with Gasteiger partial charge in [0.05, 0.1) is 15.7 Å². The quantitative estimate of drug-likeness (QED) is 0.896. The summed E-state index contributed by atoms with van der Waals surface area (Å²) >= 11 is 12.2. The standard InChI is InChI=1S/C13H14Cl2N4/c14-10-3-1-2-9(13(10)15)11-6-12(18-17-11)19-5-4-8(16)7-19/h1-3,6,8H,4-5,7,16H2,(H,17,18). The molecule has 2 heterocycles. The molecule has 3 N–H and O–H groups in total. The number of hydrogen-bond acceptors (Lipinski definition) is 3. The van der Waals surface area contributed by atoms with Crippen molar-refractivity contribution >= 4 is 29.0 Å². The number of hydrogen-bond donors (Lipinski definition) is 2. The van der Waals surface area contributed by atoms with Gasteiger partial charge in [-0.05, 0) is 12.5 Å². The number of anilines is 1. The number of H-pyrrole nitrogens is 1. The number of aromatic nitrogens is 2. The van der Waals surface area contributed by atoms with Crippen LogP contribution in [-0.2, 0) is 0 Å². The van der Waals surface area contributed by atoms with E-state index in [9.17, 15) is 0 Å². The number of nitrogens with zero attached hydrogens (tertiary/aromatic N) is 2. The number of aromatic amines is 1. The van der Waals surface area contributed by atoms with Crippen LogP contribution in [0.25, 0.3) is 11.3 Å². The summed E-state index contributed by atoms with van der Waals surface area (Å²) in [6, 6.07) is 7.77. The zero-order valence-corrected chi connectivity index (χ0v) is 11.7. The minimum atomic E-state index is 0.231. The second kappa shape index (κ2) is 5.04. The van der Waals surface area contributed by atoms with Gasteiger partial charge in [-0.3, -0.25) is 5.10 Å². The van der Waals surface area contributed by atoms with Crippen molar-refractivity contribution in [3.05, 3.63) is 34.3 Å². The van der Waals surface area contributed by atoms with Crippen molar-refractivity contribution in [2.45, 2.75) is 12.5 Å². The first kappa shape index (κ1) is 12.8. The van der Waals surface area contributed by atoms with Gasteiger partial charge in [-0.1, -0.05) is 35.3 Å². The molecule has 1 unspecified atom stereocenters. The van der Waals surface area contributed by atoms with E-state index in [1.807, 2.05) is 18.2 Å². The highest BCUT2D eigenvalue weighted by molar-refractivity contribution is 6.43. The lowest BCUT2D eigenvalue weighted by molar-refractivity contribution is 0.751. The Labute approximate surface area is 121 Å². The number of nitrogens with two attached hydrogens (primary N) is 1. The molecule has 19 heavy (non-hydrogen) atoms. The molecule has 1 saturated heterocycles. The first-order valence-corrected chi connectivity index (χ1v) is 6.91. The molecule has 0 bridgehead atoms. The Morgan fingerprint density at radius 3 is 2.95 bits per heavy atom. The molecule has 0 aliphatic carbocycles. The van der Waals surface area contributed by atoms with Crippen molar-refractivity contribution in [3.8, 4) is 11.3 Å². The summed E-state index contributed by atoms with van der Waals surface area (Å²) < 4.78 is 0. The molecule has 0 amide bonds. The Balaban J connectivity index is 1.91. The van der Waals surface area contributed by atoms with Gasteiger partial charge in [-0.2, -0.15) is 5.10 Å². The van der Waals surface area contributed by atoms with Gasteiger partial charge < -0.3 is 10.6 Å². The fourth-order valence-corrected chi connectivity index (χ4v) is 2.72. The fourth-order valence-electron chi connectivity index (χ4n) is 2.32. The summed E-state index contributed by atoms with van der Waals surface area (Å²) in [6.45, 7) is 1.78. The van der Waals surface area contributed by atoms with Gasteiger partial charge in [0.25, 0.3) is 0 Å². The normalized spacial score (nSPS) is 19.1. The summed E-state index contributed by atoms with van der Waals surface area (Å²) in [5, 5.41) is 8.41. The Bertz CT molecular complexity index is 596. The molecule has 3 rings (SSSR count). The van der Waals surface area contributed by atoms with E-state index >= 15 is 0 Å². The molecule has 1 aliphatic rings. The van der Waals surface area contributed by atoms with Crippen LogP contribution in [0.1, 0.15) is 6.42 Å². The SMILES string of the molecule is NC1CCN(c2cc(-c3cccc(Cl)c3Cl)[nH]n2)C1. The Kier molecular flexibility index (Phi) is 3.39. The van der Waals surface area contributed by atoms with Crippen LogP contribution in [0.3, 0.4) is 0 Å². The maximum absolute atomic E-state index is 6.21. The lowest BCUT2D eigenvalue weighted by atomic mass is 10.1. The predicted octanol–water partition coefficient (Wildman–Crippen LogP) is 2.92. The zero-order valence-electron chi connectivity index (χ0n) is 10.2. The third kappa shape index (κ3) is 2.43. The van der Waals surface area contributed by atoms with Gasteiger partial charge in [-0.25, -0.2) is 0 Å². The number of rotatable bonds is 2. The number of nitrogens with one attached hydrogen (secondary N) is 1. The van der Waals surface area contributed by atoms with Gasteiger partial charge >= 0.3 is 0 Å². The molecule has 1 aromatic heterocycles. The molecular formula is C13H14Cl2N4. The molecule has 0 radical (unpaired) electrons. The molecule has 0 spiro atoms. The average Bonchev–Trinajstić information content (AvgIpc) is 3.01. The van der Waals surface area contributed by atoms with Crippen molar-refractivity contribution < 1.29 is 0 Å². The number of halogens is 2. The fraction of sp³-hybridized carbons (Fsp3) is 0.308. The van der Waals surface area contributed by atoms with Crippen LogP contribution < -0.4 is 10.6 Å². The van der Waals surface area contributed by atoms with Gasteiger partial charge in [0.15, 0.2) is 5.82 Å². The van der Waals surface area contributed by atoms with Gasteiger partial charge in [0.1, 0.15) is 0 Å². The molecule has 1 aromatic carbocycles. The Hall–Kier alpha value is -1.23. The van der Waals surface area contributed by atoms with Crippen molar-refractivity contribution in [1.82, 2.24) is 10.2 Å². The highest BCUT2D eigenvalue weighted by Crippen LogP contribution is 2.33. The Morgan fingerprint density at radius 1 is 1.37 bits per heavy atom. The van der Waals surface area contributed by atoms with Crippen LogP contribution in [0.4, 0.5) is 5.82 Å². The van der Waals surface area contributed by atoms with E-state index in [1.165, 1.54) is 0 Å². The predicted molar refractivity (Wildman–Crippen MR) is 78.8 cm³/mol. The molecule has 1 aliphatic heterocycles. The summed E-state index contributed by atoms with van der Waals surface area (Å²) in [7, 11) is 0. The number of benzene rings is 1. The second-order valence-electron chi connectivity index (χ2n) is 4.74. The van der Waals surface area contributed by atoms with E-state index in [-0.39, 0.29) is 6.04 Å². The summed E-state index contributed by atoms with van der Waals surface area (Å²) in [6.07, 6.45) is 1.00. The molecule has 1 atom stereocenters. The van der Waals surface area contributed by atoms with Gasteiger partial charge in [0.2, 0.25) is 0 Å². The zero-order chi connectivity index (χ0) is 13.4. The van der Waals surface area contributed by atoms with E-state index < -0.39 is 0 Å². The molecule has 6 heteroatoms. The van der Waals surface area contributed by atoms with Gasteiger partial charge in [0, 0.05) is 30.8 Å². The second-order valence-corrected chi connectivity index (χ2v) is 5.52. The van der Waals surface area contributed by atoms with Crippen LogP contribution in [0.2, 0.25) is 10.0 Å². The molecule has 0 saturated carbocycles. The van der Waals surface area contributed by atoms with E-state index in [0.29, 0.717) is 10.0 Å². The van der Waals surface area contributed by atoms with E-state index in [2.05, 4.69) is 15.1 Å². The van der Waals surface area contributed by atoms with E-state index in [4.69, 9.17) is 28.9 Å². The van der Waals surface area contributed by atoms with Crippen molar-refractivity contribution in [2.24, 2.45) is 5.73 Å². The lowest BCUT2D eigenvalue weighted by Crippen LogP contribution is -2.26. The van der Waals surface area contributed by atoms with E-state index in [1.54, 1.807) is 6.07 Å². The third-order valence-corrected chi connectivity index (χ3v) is 4.17. The molecule has 2 aromatic rings. The maximum atomic E-state index is 6.21. The average molecular weight is 297 g/mol. The van der Waals surface area contributed by atoms with Gasteiger partial charge in [-0.15, -0.1) is 0 Å². The summed E-state index contributed by atoms with van der Waals surface area (Å²) in [5.74, 6) is 0.902. The highest BCUT2D eigenvalue weighted by atomic mass is 35.5. The molecular weight excluding hydrogens is 283 g/mol. The lowest BCUT2D eigenvalue weighted by Gasteiger charge is -2.13. The monoisotopic (exact) mass is 296 g/mol. The molecule has 100 valence electrons. The third-order valence-electron chi connectivity index (χ3n) is 3.35. The Morgan fingerprint density at radius 2 is 2.21 bits per heavy atom. The summed E-state index contributed by atoms with van der Waals surface area (Å²) in [4.78, 5) is 2.17. The first-order valence-electron chi connectivity index (χ1n) is 6.15. The highest BCUT2D eigenvalue weighted by Gasteiger charge is 2.21.